The van der Waals surface area contributed by atoms with E-state index in [9.17, 15) is 4.79 Å². The van der Waals surface area contributed by atoms with E-state index in [-0.39, 0.29) is 0 Å². The summed E-state index contributed by atoms with van der Waals surface area (Å²) in [6.07, 6.45) is 2.81. The van der Waals surface area contributed by atoms with Gasteiger partial charge in [0, 0.05) is 0 Å². The summed E-state index contributed by atoms with van der Waals surface area (Å²) in [6.45, 7) is 1.54. The average Bonchev–Trinajstić information content (AvgIpc) is 3.03. The molecule has 1 saturated carbocycles. The lowest BCUT2D eigenvalue weighted by Crippen LogP contribution is -2.32. The number of amides is 1. The maximum Gasteiger partial charge on any atom is 0.234 e. The van der Waals surface area contributed by atoms with Crippen molar-refractivity contribution in [2.24, 2.45) is 11.5 Å². The summed E-state index contributed by atoms with van der Waals surface area (Å²) >= 11 is 0. The average molecular weight is 206 g/mol. The first-order chi connectivity index (χ1) is 7.11. The van der Waals surface area contributed by atoms with Crippen LogP contribution in [0.5, 0.6) is 0 Å². The van der Waals surface area contributed by atoms with Crippen molar-refractivity contribution in [1.82, 2.24) is 0 Å². The van der Waals surface area contributed by atoms with Gasteiger partial charge in [0.2, 0.25) is 5.91 Å². The topological polar surface area (TPSA) is 69.1 Å². The van der Waals surface area contributed by atoms with Crippen LogP contribution in [0.3, 0.4) is 0 Å². The fourth-order valence-electron chi connectivity index (χ4n) is 1.14. The van der Waals surface area contributed by atoms with Gasteiger partial charge in [-0.1, -0.05) is 30.3 Å². The molecule has 1 aromatic rings. The highest BCUT2D eigenvalue weighted by Gasteiger charge is 2.22. The Balaban J connectivity index is 0.000000167. The fourth-order valence-corrected chi connectivity index (χ4v) is 1.14. The number of primary amides is 1. The molecule has 1 aliphatic carbocycles. The van der Waals surface area contributed by atoms with Crippen molar-refractivity contribution in [3.8, 4) is 0 Å². The van der Waals surface area contributed by atoms with Gasteiger partial charge in [-0.3, -0.25) is 4.79 Å². The van der Waals surface area contributed by atoms with E-state index in [0.717, 1.165) is 5.92 Å². The summed E-state index contributed by atoms with van der Waals surface area (Å²) in [5.41, 5.74) is 11.2. The lowest BCUT2D eigenvalue weighted by Gasteiger charge is -1.92. The molecule has 3 nitrogen and oxygen atoms in total. The zero-order valence-corrected chi connectivity index (χ0v) is 9.02. The molecular formula is C12H18N2O. The monoisotopic (exact) mass is 206 g/mol. The van der Waals surface area contributed by atoms with Crippen molar-refractivity contribution in [2.45, 2.75) is 31.7 Å². The van der Waals surface area contributed by atoms with Crippen molar-refractivity contribution in [3.05, 3.63) is 35.9 Å². The van der Waals surface area contributed by atoms with E-state index in [1.54, 1.807) is 6.92 Å². The van der Waals surface area contributed by atoms with E-state index in [1.807, 2.05) is 0 Å². The summed E-state index contributed by atoms with van der Waals surface area (Å²) in [7, 11) is 0. The van der Waals surface area contributed by atoms with Crippen LogP contribution < -0.4 is 11.5 Å². The van der Waals surface area contributed by atoms with E-state index in [0.29, 0.717) is 0 Å². The highest BCUT2D eigenvalue weighted by atomic mass is 16.1. The van der Waals surface area contributed by atoms with E-state index in [4.69, 9.17) is 5.73 Å². The van der Waals surface area contributed by atoms with Crippen molar-refractivity contribution in [2.75, 3.05) is 0 Å². The summed E-state index contributed by atoms with van der Waals surface area (Å²) in [6, 6.07) is 10.2. The van der Waals surface area contributed by atoms with Gasteiger partial charge in [-0.15, -0.1) is 0 Å². The van der Waals surface area contributed by atoms with Gasteiger partial charge in [0.25, 0.3) is 0 Å². The lowest BCUT2D eigenvalue weighted by molar-refractivity contribution is -0.118. The molecule has 15 heavy (non-hydrogen) atoms. The van der Waals surface area contributed by atoms with E-state index < -0.39 is 11.9 Å². The summed E-state index contributed by atoms with van der Waals surface area (Å²) < 4.78 is 0. The van der Waals surface area contributed by atoms with Crippen LogP contribution in [-0.4, -0.2) is 11.9 Å². The third-order valence-corrected chi connectivity index (χ3v) is 2.30. The largest absolute Gasteiger partial charge is 0.368 e. The Hall–Kier alpha value is -1.35. The first-order valence-corrected chi connectivity index (χ1v) is 5.21. The maximum atomic E-state index is 9.80. The number of benzene rings is 1. The highest BCUT2D eigenvalue weighted by Crippen LogP contribution is 2.39. The number of rotatable bonds is 2. The Morgan fingerprint density at radius 1 is 1.33 bits per heavy atom. The van der Waals surface area contributed by atoms with Crippen molar-refractivity contribution in [3.63, 3.8) is 0 Å². The standard InChI is InChI=1S/C9H10.C3H8N2O/c1-2-4-8(5-3-1)9-6-7-9;1-2(4)3(5)6/h1-5,9H,6-7H2;2H,4H2,1H3,(H2,5,6). The number of hydrogen-bond donors (Lipinski definition) is 2. The van der Waals surface area contributed by atoms with Crippen LogP contribution in [0.2, 0.25) is 0 Å². The first kappa shape index (κ1) is 11.7. The van der Waals surface area contributed by atoms with Crippen LogP contribution in [-0.2, 0) is 4.79 Å². The van der Waals surface area contributed by atoms with Crippen molar-refractivity contribution in [1.29, 1.82) is 0 Å². The van der Waals surface area contributed by atoms with Gasteiger partial charge in [-0.25, -0.2) is 0 Å². The minimum Gasteiger partial charge on any atom is -0.368 e. The van der Waals surface area contributed by atoms with Gasteiger partial charge < -0.3 is 11.5 Å². The maximum absolute atomic E-state index is 9.80. The minimum atomic E-state index is -0.509. The zero-order chi connectivity index (χ0) is 11.3. The van der Waals surface area contributed by atoms with Gasteiger partial charge in [0.1, 0.15) is 0 Å². The van der Waals surface area contributed by atoms with Gasteiger partial charge in [0.05, 0.1) is 6.04 Å². The second-order valence-electron chi connectivity index (χ2n) is 3.88. The molecule has 82 valence electrons. The van der Waals surface area contributed by atoms with Crippen LogP contribution in [0.4, 0.5) is 0 Å². The Kier molecular flexibility index (Phi) is 4.31. The second kappa shape index (κ2) is 5.51. The molecular weight excluding hydrogens is 188 g/mol. The molecule has 1 amide bonds. The highest BCUT2D eigenvalue weighted by molar-refractivity contribution is 5.78. The smallest absolute Gasteiger partial charge is 0.234 e. The third-order valence-electron chi connectivity index (χ3n) is 2.30. The molecule has 0 radical (unpaired) electrons. The molecule has 4 N–H and O–H groups in total. The van der Waals surface area contributed by atoms with Gasteiger partial charge in [0.15, 0.2) is 0 Å². The van der Waals surface area contributed by atoms with Crippen LogP contribution in [0, 0.1) is 0 Å². The third kappa shape index (κ3) is 4.61. The second-order valence-corrected chi connectivity index (χ2v) is 3.88. The molecule has 0 heterocycles. The lowest BCUT2D eigenvalue weighted by atomic mass is 10.1. The molecule has 1 fully saturated rings. The van der Waals surface area contributed by atoms with Crippen LogP contribution in [0.25, 0.3) is 0 Å². The minimum absolute atomic E-state index is 0.463. The molecule has 3 heteroatoms. The van der Waals surface area contributed by atoms with Gasteiger partial charge >= 0.3 is 0 Å². The molecule has 0 aliphatic heterocycles. The molecule has 0 bridgehead atoms. The van der Waals surface area contributed by atoms with Crippen LogP contribution >= 0.6 is 0 Å². The number of nitrogens with two attached hydrogens (primary N) is 2. The predicted octanol–water partition coefficient (Wildman–Crippen LogP) is 1.38. The van der Waals surface area contributed by atoms with E-state index in [2.05, 4.69) is 36.1 Å². The first-order valence-electron chi connectivity index (χ1n) is 5.21. The molecule has 0 saturated heterocycles. The van der Waals surface area contributed by atoms with E-state index in [1.165, 1.54) is 18.4 Å². The molecule has 0 aromatic heterocycles. The zero-order valence-electron chi connectivity index (χ0n) is 9.02. The summed E-state index contributed by atoms with van der Waals surface area (Å²) in [5.74, 6) is 0.446. The van der Waals surface area contributed by atoms with Crippen molar-refractivity contribution >= 4 is 5.91 Å². The summed E-state index contributed by atoms with van der Waals surface area (Å²) in [5, 5.41) is 0. The molecule has 1 atom stereocenters. The molecule has 1 unspecified atom stereocenters. The molecule has 0 spiro atoms. The van der Waals surface area contributed by atoms with Gasteiger partial charge in [-0.2, -0.15) is 0 Å². The summed E-state index contributed by atoms with van der Waals surface area (Å²) in [4.78, 5) is 9.80. The van der Waals surface area contributed by atoms with E-state index >= 15 is 0 Å². The molecule has 1 aliphatic rings. The number of carbonyl (C=O) groups is 1. The molecule has 1 aromatic carbocycles. The van der Waals surface area contributed by atoms with Crippen LogP contribution in [0.1, 0.15) is 31.2 Å². The predicted molar refractivity (Wildman–Crippen MR) is 61.3 cm³/mol. The Labute approximate surface area is 90.5 Å². The Morgan fingerprint density at radius 2 is 1.80 bits per heavy atom. The Morgan fingerprint density at radius 3 is 2.13 bits per heavy atom. The van der Waals surface area contributed by atoms with Gasteiger partial charge in [-0.05, 0) is 31.2 Å². The Bertz CT molecular complexity index is 305. The quantitative estimate of drug-likeness (QED) is 0.767. The number of carbonyl (C=O) groups excluding carboxylic acids is 1. The van der Waals surface area contributed by atoms with Crippen LogP contribution in [0.15, 0.2) is 30.3 Å². The van der Waals surface area contributed by atoms with Crippen molar-refractivity contribution < 1.29 is 4.79 Å². The molecule has 2 rings (SSSR count). The number of hydrogen-bond acceptors (Lipinski definition) is 2. The normalized spacial score (nSPS) is 16.1. The SMILES string of the molecule is CC(N)C(N)=O.c1ccc(C2CC2)cc1. The fraction of sp³-hybridized carbons (Fsp3) is 0.417.